The summed E-state index contributed by atoms with van der Waals surface area (Å²) in [5.41, 5.74) is 3.33. The van der Waals surface area contributed by atoms with Crippen molar-refractivity contribution in [3.05, 3.63) is 82.1 Å². The molecule has 7 heteroatoms. The lowest BCUT2D eigenvalue weighted by Gasteiger charge is -2.05. The Labute approximate surface area is 166 Å². The third kappa shape index (κ3) is 5.72. The molecule has 2 aromatic carbocycles. The molecule has 3 rings (SSSR count). The standard InChI is InChI=1S/C21H20FN3O2S/c1-14-2-4-15(5-3-14)12-23-19(26)11-10-18-13-28-21(24-18)25-20(27)16-6-8-17(22)9-7-16/h2-9,13H,10-12H2,1H3,(H,23,26)(H,24,25,27). The van der Waals surface area contributed by atoms with Crippen LogP contribution in [0.3, 0.4) is 0 Å². The lowest BCUT2D eigenvalue weighted by molar-refractivity contribution is -0.121. The van der Waals surface area contributed by atoms with Gasteiger partial charge in [-0.15, -0.1) is 11.3 Å². The van der Waals surface area contributed by atoms with E-state index >= 15 is 0 Å². The second kappa shape index (κ2) is 9.23. The smallest absolute Gasteiger partial charge is 0.257 e. The van der Waals surface area contributed by atoms with Crippen LogP contribution in [0.15, 0.2) is 53.9 Å². The van der Waals surface area contributed by atoms with Crippen molar-refractivity contribution in [1.29, 1.82) is 0 Å². The Hall–Kier alpha value is -3.06. The number of nitrogens with one attached hydrogen (secondary N) is 2. The van der Waals surface area contributed by atoms with Crippen molar-refractivity contribution in [2.75, 3.05) is 5.32 Å². The fraction of sp³-hybridized carbons (Fsp3) is 0.190. The highest BCUT2D eigenvalue weighted by molar-refractivity contribution is 7.14. The van der Waals surface area contributed by atoms with Gasteiger partial charge in [-0.2, -0.15) is 0 Å². The number of thiazole rings is 1. The maximum absolute atomic E-state index is 12.9. The first kappa shape index (κ1) is 19.7. The summed E-state index contributed by atoms with van der Waals surface area (Å²) < 4.78 is 12.9. The molecule has 0 saturated carbocycles. The molecule has 0 aliphatic carbocycles. The highest BCUT2D eigenvalue weighted by atomic mass is 32.1. The third-order valence-electron chi connectivity index (χ3n) is 4.10. The number of hydrogen-bond acceptors (Lipinski definition) is 4. The Kier molecular flexibility index (Phi) is 6.49. The van der Waals surface area contributed by atoms with Gasteiger partial charge in [0, 0.05) is 23.9 Å². The van der Waals surface area contributed by atoms with E-state index in [2.05, 4.69) is 15.6 Å². The van der Waals surface area contributed by atoms with Gasteiger partial charge in [0.05, 0.1) is 5.69 Å². The molecule has 1 aromatic heterocycles. The lowest BCUT2D eigenvalue weighted by Crippen LogP contribution is -2.23. The maximum Gasteiger partial charge on any atom is 0.257 e. The molecule has 1 heterocycles. The number of carbonyl (C=O) groups excluding carboxylic acids is 2. The van der Waals surface area contributed by atoms with E-state index in [1.54, 1.807) is 0 Å². The van der Waals surface area contributed by atoms with Crippen molar-refractivity contribution >= 4 is 28.3 Å². The maximum atomic E-state index is 12.9. The highest BCUT2D eigenvalue weighted by Gasteiger charge is 2.10. The first-order chi connectivity index (χ1) is 13.5. The van der Waals surface area contributed by atoms with Crippen LogP contribution in [-0.2, 0) is 17.8 Å². The predicted molar refractivity (Wildman–Crippen MR) is 108 cm³/mol. The number of anilines is 1. The van der Waals surface area contributed by atoms with E-state index in [1.165, 1.54) is 41.2 Å². The van der Waals surface area contributed by atoms with E-state index in [0.717, 1.165) is 11.3 Å². The Morgan fingerprint density at radius 2 is 1.79 bits per heavy atom. The van der Waals surface area contributed by atoms with Crippen LogP contribution in [0.4, 0.5) is 9.52 Å². The number of halogens is 1. The Morgan fingerprint density at radius 3 is 2.50 bits per heavy atom. The molecule has 0 bridgehead atoms. The van der Waals surface area contributed by atoms with Gasteiger partial charge in [0.1, 0.15) is 5.82 Å². The fourth-order valence-corrected chi connectivity index (χ4v) is 3.23. The molecule has 0 saturated heterocycles. The third-order valence-corrected chi connectivity index (χ3v) is 4.90. The van der Waals surface area contributed by atoms with Crippen LogP contribution in [0, 0.1) is 12.7 Å². The van der Waals surface area contributed by atoms with E-state index in [4.69, 9.17) is 0 Å². The summed E-state index contributed by atoms with van der Waals surface area (Å²) in [7, 11) is 0. The summed E-state index contributed by atoms with van der Waals surface area (Å²) >= 11 is 1.29. The summed E-state index contributed by atoms with van der Waals surface area (Å²) in [6.07, 6.45) is 0.809. The van der Waals surface area contributed by atoms with Crippen LogP contribution in [0.1, 0.15) is 33.6 Å². The van der Waals surface area contributed by atoms with Gasteiger partial charge >= 0.3 is 0 Å². The van der Waals surface area contributed by atoms with E-state index in [9.17, 15) is 14.0 Å². The first-order valence-electron chi connectivity index (χ1n) is 8.83. The molecule has 2 amide bonds. The summed E-state index contributed by atoms with van der Waals surface area (Å²) in [6, 6.07) is 13.3. The molecule has 0 radical (unpaired) electrons. The van der Waals surface area contributed by atoms with Crippen LogP contribution < -0.4 is 10.6 Å². The zero-order valence-electron chi connectivity index (χ0n) is 15.4. The van der Waals surface area contributed by atoms with Gasteiger partial charge in [0.15, 0.2) is 5.13 Å². The number of amides is 2. The van der Waals surface area contributed by atoms with Crippen molar-refractivity contribution in [3.63, 3.8) is 0 Å². The van der Waals surface area contributed by atoms with Crippen LogP contribution in [0.5, 0.6) is 0 Å². The average molecular weight is 397 g/mol. The topological polar surface area (TPSA) is 71.1 Å². The normalized spacial score (nSPS) is 10.5. The Morgan fingerprint density at radius 1 is 1.07 bits per heavy atom. The molecule has 3 aromatic rings. The van der Waals surface area contributed by atoms with E-state index < -0.39 is 5.82 Å². The second-order valence-electron chi connectivity index (χ2n) is 6.37. The number of aryl methyl sites for hydroxylation is 2. The van der Waals surface area contributed by atoms with Crippen molar-refractivity contribution < 1.29 is 14.0 Å². The van der Waals surface area contributed by atoms with E-state index in [0.29, 0.717) is 30.1 Å². The quantitative estimate of drug-likeness (QED) is 0.631. The van der Waals surface area contributed by atoms with Crippen LogP contribution in [0.2, 0.25) is 0 Å². The molecule has 0 aliphatic heterocycles. The Balaban J connectivity index is 1.45. The van der Waals surface area contributed by atoms with Crippen molar-refractivity contribution in [2.45, 2.75) is 26.3 Å². The number of hydrogen-bond donors (Lipinski definition) is 2. The second-order valence-corrected chi connectivity index (χ2v) is 7.23. The van der Waals surface area contributed by atoms with Gasteiger partial charge in [0.25, 0.3) is 5.91 Å². The van der Waals surface area contributed by atoms with Gasteiger partial charge in [-0.05, 0) is 43.2 Å². The predicted octanol–water partition coefficient (Wildman–Crippen LogP) is 4.09. The monoisotopic (exact) mass is 397 g/mol. The SMILES string of the molecule is Cc1ccc(CNC(=O)CCc2csc(NC(=O)c3ccc(F)cc3)n2)cc1. The fourth-order valence-electron chi connectivity index (χ4n) is 2.49. The molecule has 0 spiro atoms. The highest BCUT2D eigenvalue weighted by Crippen LogP contribution is 2.18. The summed E-state index contributed by atoms with van der Waals surface area (Å²) in [5.74, 6) is -0.795. The van der Waals surface area contributed by atoms with E-state index in [-0.39, 0.29) is 11.8 Å². The molecule has 0 unspecified atom stereocenters. The van der Waals surface area contributed by atoms with Gasteiger partial charge in [-0.3, -0.25) is 14.9 Å². The summed E-state index contributed by atoms with van der Waals surface area (Å²) in [6.45, 7) is 2.52. The molecule has 2 N–H and O–H groups in total. The zero-order valence-corrected chi connectivity index (χ0v) is 16.2. The zero-order chi connectivity index (χ0) is 19.9. The molecule has 144 valence electrons. The molecule has 5 nitrogen and oxygen atoms in total. The average Bonchev–Trinajstić information content (AvgIpc) is 3.13. The summed E-state index contributed by atoms with van der Waals surface area (Å²) in [5, 5.41) is 7.83. The van der Waals surface area contributed by atoms with Gasteiger partial charge in [0.2, 0.25) is 5.91 Å². The minimum Gasteiger partial charge on any atom is -0.352 e. The molecule has 0 aliphatic rings. The van der Waals surface area contributed by atoms with Crippen molar-refractivity contribution in [2.24, 2.45) is 0 Å². The number of rotatable bonds is 7. The minimum atomic E-state index is -0.395. The molecule has 28 heavy (non-hydrogen) atoms. The number of aromatic nitrogens is 1. The number of nitrogens with zero attached hydrogens (tertiary/aromatic N) is 1. The minimum absolute atomic E-state index is 0.0505. The van der Waals surface area contributed by atoms with Crippen LogP contribution in [-0.4, -0.2) is 16.8 Å². The van der Waals surface area contributed by atoms with Crippen LogP contribution in [0.25, 0.3) is 0 Å². The van der Waals surface area contributed by atoms with Crippen molar-refractivity contribution in [3.8, 4) is 0 Å². The molecular weight excluding hydrogens is 377 g/mol. The number of carbonyl (C=O) groups is 2. The van der Waals surface area contributed by atoms with Gasteiger partial charge in [-0.1, -0.05) is 29.8 Å². The molecule has 0 atom stereocenters. The summed E-state index contributed by atoms with van der Waals surface area (Å²) in [4.78, 5) is 28.5. The van der Waals surface area contributed by atoms with Crippen molar-refractivity contribution in [1.82, 2.24) is 10.3 Å². The van der Waals surface area contributed by atoms with Gasteiger partial charge in [-0.25, -0.2) is 9.37 Å². The number of benzene rings is 2. The lowest BCUT2D eigenvalue weighted by atomic mass is 10.1. The molecule has 0 fully saturated rings. The van der Waals surface area contributed by atoms with Gasteiger partial charge < -0.3 is 5.32 Å². The van der Waals surface area contributed by atoms with E-state index in [1.807, 2.05) is 36.6 Å². The first-order valence-corrected chi connectivity index (χ1v) is 9.71. The Bertz CT molecular complexity index is 953. The largest absolute Gasteiger partial charge is 0.352 e. The molecular formula is C21H20FN3O2S. The van der Waals surface area contributed by atoms with Crippen LogP contribution >= 0.6 is 11.3 Å².